The van der Waals surface area contributed by atoms with Crippen LogP contribution in [0.15, 0.2) is 46.0 Å². The zero-order chi connectivity index (χ0) is 17.2. The fraction of sp³-hybridized carbons (Fsp3) is 0.133. The molecule has 0 unspecified atom stereocenters. The highest BCUT2D eigenvalue weighted by Crippen LogP contribution is 2.32. The summed E-state index contributed by atoms with van der Waals surface area (Å²) in [5.74, 6) is 0.810. The van der Waals surface area contributed by atoms with Crippen molar-refractivity contribution in [1.82, 2.24) is 4.98 Å². The van der Waals surface area contributed by atoms with Gasteiger partial charge in [0.25, 0.3) is 10.0 Å². The number of aromatic nitrogens is 1. The summed E-state index contributed by atoms with van der Waals surface area (Å²) in [5.41, 5.74) is 0.750. The average molecular weight is 382 g/mol. The molecule has 0 fully saturated rings. The number of nitrogens with one attached hydrogen (secondary N) is 1. The molecule has 0 radical (unpaired) electrons. The Hall–Kier alpha value is -2.10. The van der Waals surface area contributed by atoms with Crippen molar-refractivity contribution in [2.24, 2.45) is 0 Å². The summed E-state index contributed by atoms with van der Waals surface area (Å²) in [5, 5.41) is 4.08. The highest BCUT2D eigenvalue weighted by molar-refractivity contribution is 7.93. The molecule has 0 amide bonds. The minimum Gasteiger partial charge on any atom is -0.493 e. The van der Waals surface area contributed by atoms with E-state index in [2.05, 4.69) is 9.71 Å². The molecule has 0 bridgehead atoms. The number of thiazole rings is 1. The Morgan fingerprint density at radius 2 is 1.88 bits per heavy atom. The van der Waals surface area contributed by atoms with Crippen LogP contribution < -0.4 is 14.2 Å². The van der Waals surface area contributed by atoms with Gasteiger partial charge in [-0.2, -0.15) is 0 Å². The van der Waals surface area contributed by atoms with Gasteiger partial charge in [0.05, 0.1) is 29.7 Å². The van der Waals surface area contributed by atoms with Crippen molar-refractivity contribution in [1.29, 1.82) is 0 Å². The molecule has 0 aliphatic rings. The van der Waals surface area contributed by atoms with E-state index in [9.17, 15) is 8.42 Å². The number of ether oxygens (including phenoxy) is 2. The lowest BCUT2D eigenvalue weighted by atomic mass is 10.3. The Labute approximate surface area is 147 Å². The van der Waals surface area contributed by atoms with Crippen molar-refractivity contribution in [3.8, 4) is 22.1 Å². The van der Waals surface area contributed by atoms with Gasteiger partial charge < -0.3 is 9.47 Å². The quantitative estimate of drug-likeness (QED) is 0.703. The van der Waals surface area contributed by atoms with Gasteiger partial charge in [0.1, 0.15) is 0 Å². The number of hydrogen-bond acceptors (Lipinski definition) is 7. The predicted molar refractivity (Wildman–Crippen MR) is 95.8 cm³/mol. The highest BCUT2D eigenvalue weighted by atomic mass is 32.2. The second-order valence-electron chi connectivity index (χ2n) is 4.64. The van der Waals surface area contributed by atoms with Crippen LogP contribution in [0.1, 0.15) is 0 Å². The fourth-order valence-corrected chi connectivity index (χ4v) is 4.75. The van der Waals surface area contributed by atoms with Crippen LogP contribution >= 0.6 is 22.7 Å². The molecule has 3 rings (SSSR count). The van der Waals surface area contributed by atoms with Gasteiger partial charge in [0.15, 0.2) is 16.6 Å². The minimum atomic E-state index is -3.76. The van der Waals surface area contributed by atoms with E-state index in [0.29, 0.717) is 16.6 Å². The maximum absolute atomic E-state index is 12.5. The largest absolute Gasteiger partial charge is 0.493 e. The van der Waals surface area contributed by atoms with E-state index in [1.165, 1.54) is 37.7 Å². The molecule has 0 aliphatic carbocycles. The summed E-state index contributed by atoms with van der Waals surface area (Å²) < 4.78 is 37.8. The second kappa shape index (κ2) is 6.80. The van der Waals surface area contributed by atoms with Crippen LogP contribution in [0.5, 0.6) is 11.5 Å². The molecule has 9 heteroatoms. The molecule has 2 heterocycles. The predicted octanol–water partition coefficient (Wildman–Crippen LogP) is 3.69. The molecule has 0 atom stereocenters. The topological polar surface area (TPSA) is 77.5 Å². The number of hydrogen-bond donors (Lipinski definition) is 1. The molecule has 0 spiro atoms. The first kappa shape index (κ1) is 16.7. The van der Waals surface area contributed by atoms with E-state index in [4.69, 9.17) is 9.47 Å². The van der Waals surface area contributed by atoms with Gasteiger partial charge >= 0.3 is 0 Å². The highest BCUT2D eigenvalue weighted by Gasteiger charge is 2.19. The van der Waals surface area contributed by atoms with Crippen LogP contribution in [0.25, 0.3) is 10.6 Å². The number of rotatable bonds is 6. The second-order valence-corrected chi connectivity index (χ2v) is 8.13. The third-order valence-corrected chi connectivity index (χ3v) is 6.28. The molecule has 0 aliphatic heterocycles. The van der Waals surface area contributed by atoms with Crippen molar-refractivity contribution in [2.75, 3.05) is 18.9 Å². The number of benzene rings is 1. The molecule has 3 aromatic rings. The van der Waals surface area contributed by atoms with E-state index in [-0.39, 0.29) is 4.90 Å². The maximum Gasteiger partial charge on any atom is 0.263 e. The summed E-state index contributed by atoms with van der Waals surface area (Å²) in [4.78, 5) is 5.39. The summed E-state index contributed by atoms with van der Waals surface area (Å²) in [6, 6.07) is 8.28. The van der Waals surface area contributed by atoms with Gasteiger partial charge in [-0.3, -0.25) is 4.72 Å². The van der Waals surface area contributed by atoms with Crippen LogP contribution in [0.2, 0.25) is 0 Å². The SMILES string of the molecule is COc1ccc(S(=O)(=O)Nc2nc(-c3cccs3)cs2)cc1OC. The average Bonchev–Trinajstić information content (AvgIpc) is 3.25. The minimum absolute atomic E-state index is 0.0769. The van der Waals surface area contributed by atoms with Gasteiger partial charge in [-0.1, -0.05) is 6.07 Å². The summed E-state index contributed by atoms with van der Waals surface area (Å²) >= 11 is 2.79. The molecule has 6 nitrogen and oxygen atoms in total. The van der Waals surface area contributed by atoms with E-state index in [1.807, 2.05) is 22.9 Å². The van der Waals surface area contributed by atoms with Crippen molar-refractivity contribution in [2.45, 2.75) is 4.90 Å². The maximum atomic E-state index is 12.5. The molecule has 1 aromatic carbocycles. The molecule has 2 aromatic heterocycles. The Bertz CT molecular complexity index is 934. The van der Waals surface area contributed by atoms with Crippen LogP contribution in [-0.2, 0) is 10.0 Å². The van der Waals surface area contributed by atoms with Crippen LogP contribution in [-0.4, -0.2) is 27.6 Å². The van der Waals surface area contributed by atoms with Gasteiger partial charge in [-0.05, 0) is 23.6 Å². The van der Waals surface area contributed by atoms with Crippen LogP contribution in [0.3, 0.4) is 0 Å². The van der Waals surface area contributed by atoms with Crippen LogP contribution in [0, 0.1) is 0 Å². The molecule has 0 saturated carbocycles. The Morgan fingerprint density at radius 3 is 2.54 bits per heavy atom. The molecular formula is C15H14N2O4S3. The summed E-state index contributed by atoms with van der Waals surface area (Å²) in [6.45, 7) is 0. The van der Waals surface area contributed by atoms with E-state index in [1.54, 1.807) is 17.4 Å². The van der Waals surface area contributed by atoms with E-state index < -0.39 is 10.0 Å². The van der Waals surface area contributed by atoms with E-state index >= 15 is 0 Å². The number of nitrogens with zero attached hydrogens (tertiary/aromatic N) is 1. The first-order valence-electron chi connectivity index (χ1n) is 6.78. The zero-order valence-corrected chi connectivity index (χ0v) is 15.3. The first-order valence-corrected chi connectivity index (χ1v) is 10.0. The van der Waals surface area contributed by atoms with Gasteiger partial charge in [0.2, 0.25) is 0 Å². The number of methoxy groups -OCH3 is 2. The molecule has 24 heavy (non-hydrogen) atoms. The Balaban J connectivity index is 1.86. The van der Waals surface area contributed by atoms with Gasteiger partial charge in [-0.15, -0.1) is 22.7 Å². The third-order valence-electron chi connectivity index (χ3n) is 3.16. The molecule has 126 valence electrons. The lowest BCUT2D eigenvalue weighted by Gasteiger charge is -2.10. The summed E-state index contributed by atoms with van der Waals surface area (Å²) in [7, 11) is -0.814. The van der Waals surface area contributed by atoms with E-state index in [0.717, 1.165) is 10.6 Å². The van der Waals surface area contributed by atoms with Gasteiger partial charge in [0, 0.05) is 11.4 Å². The summed E-state index contributed by atoms with van der Waals surface area (Å²) in [6.07, 6.45) is 0. The normalized spacial score (nSPS) is 11.2. The zero-order valence-electron chi connectivity index (χ0n) is 12.8. The molecular weight excluding hydrogens is 368 g/mol. The van der Waals surface area contributed by atoms with Gasteiger partial charge in [-0.25, -0.2) is 13.4 Å². The van der Waals surface area contributed by atoms with Crippen molar-refractivity contribution >= 4 is 37.8 Å². The molecule has 0 saturated heterocycles. The fourth-order valence-electron chi connectivity index (χ4n) is 2.02. The smallest absolute Gasteiger partial charge is 0.263 e. The lowest BCUT2D eigenvalue weighted by molar-refractivity contribution is 0.354. The monoisotopic (exact) mass is 382 g/mol. The third kappa shape index (κ3) is 3.37. The van der Waals surface area contributed by atoms with Crippen LogP contribution in [0.4, 0.5) is 5.13 Å². The number of anilines is 1. The number of sulfonamides is 1. The standard InChI is InChI=1S/C15H14N2O4S3/c1-20-12-6-5-10(8-13(12)21-2)24(18,19)17-15-16-11(9-23-15)14-4-3-7-22-14/h3-9H,1-2H3,(H,16,17). The Morgan fingerprint density at radius 1 is 1.08 bits per heavy atom. The van der Waals surface area contributed by atoms with Crippen molar-refractivity contribution in [3.05, 3.63) is 41.1 Å². The lowest BCUT2D eigenvalue weighted by Crippen LogP contribution is -2.13. The number of thiophene rings is 1. The Kier molecular flexibility index (Phi) is 4.74. The first-order chi connectivity index (χ1) is 11.5. The van der Waals surface area contributed by atoms with Crippen molar-refractivity contribution < 1.29 is 17.9 Å². The van der Waals surface area contributed by atoms with Crippen molar-refractivity contribution in [3.63, 3.8) is 0 Å². The molecule has 1 N–H and O–H groups in total.